The minimum absolute atomic E-state index is 0.677. The van der Waals surface area contributed by atoms with Crippen LogP contribution >= 0.6 is 0 Å². The first-order valence-corrected chi connectivity index (χ1v) is 9.69. The molecule has 0 amide bonds. The summed E-state index contributed by atoms with van der Waals surface area (Å²) in [5, 5.41) is 0. The number of hydrogen-bond acceptors (Lipinski definition) is 2. The quantitative estimate of drug-likeness (QED) is 0.374. The molecule has 0 saturated carbocycles. The van der Waals surface area contributed by atoms with E-state index in [0.717, 1.165) is 35.8 Å². The lowest BCUT2D eigenvalue weighted by Crippen LogP contribution is -2.07. The smallest absolute Gasteiger partial charge is 0.119 e. The fraction of sp³-hybridized carbons (Fsp3) is 0.160. The highest BCUT2D eigenvalue weighted by molar-refractivity contribution is 5.79. The van der Waals surface area contributed by atoms with Crippen LogP contribution < -0.4 is 4.74 Å². The first kappa shape index (κ1) is 18.1. The summed E-state index contributed by atoms with van der Waals surface area (Å²) in [5.74, 6) is 1.94. The summed E-state index contributed by atoms with van der Waals surface area (Å²) >= 11 is 0. The zero-order valence-electron chi connectivity index (χ0n) is 16.1. The molecule has 140 valence electrons. The molecule has 4 rings (SSSR count). The molecular formula is C25H24N2O. The van der Waals surface area contributed by atoms with E-state index in [-0.39, 0.29) is 0 Å². The number of rotatable bonds is 7. The number of nitrogens with zero attached hydrogens (tertiary/aromatic N) is 2. The van der Waals surface area contributed by atoms with Crippen LogP contribution in [0.2, 0.25) is 0 Å². The van der Waals surface area contributed by atoms with Gasteiger partial charge >= 0.3 is 0 Å². The van der Waals surface area contributed by atoms with Gasteiger partial charge in [0.25, 0.3) is 0 Å². The molecule has 0 atom stereocenters. The molecular weight excluding hydrogens is 344 g/mol. The zero-order chi connectivity index (χ0) is 19.2. The fourth-order valence-corrected chi connectivity index (χ4v) is 3.45. The summed E-state index contributed by atoms with van der Waals surface area (Å²) in [6.07, 6.45) is 0.917. The van der Waals surface area contributed by atoms with Gasteiger partial charge in [-0.05, 0) is 25.5 Å². The van der Waals surface area contributed by atoms with Crippen LogP contribution in [-0.4, -0.2) is 16.2 Å². The van der Waals surface area contributed by atoms with Gasteiger partial charge in [0, 0.05) is 17.7 Å². The largest absolute Gasteiger partial charge is 0.494 e. The Morgan fingerprint density at radius 1 is 0.750 bits per heavy atom. The van der Waals surface area contributed by atoms with Crippen molar-refractivity contribution < 1.29 is 4.74 Å². The number of benzene rings is 3. The number of hydrogen-bond donors (Lipinski definition) is 0. The van der Waals surface area contributed by atoms with E-state index < -0.39 is 0 Å². The Morgan fingerprint density at radius 2 is 1.32 bits per heavy atom. The molecule has 1 aromatic heterocycles. The summed E-state index contributed by atoms with van der Waals surface area (Å²) in [5.41, 5.74) is 4.53. The number of aryl methyl sites for hydroxylation is 1. The van der Waals surface area contributed by atoms with Gasteiger partial charge in [0.15, 0.2) is 0 Å². The SMILES string of the molecule is Cc1nc(-c2ccccc2)c(-c2ccccc2)n1CCCOc1ccccc1. The van der Waals surface area contributed by atoms with Gasteiger partial charge in [0.1, 0.15) is 11.6 Å². The van der Waals surface area contributed by atoms with Gasteiger partial charge in [0.2, 0.25) is 0 Å². The van der Waals surface area contributed by atoms with Crippen molar-refractivity contribution >= 4 is 0 Å². The average molecular weight is 368 g/mol. The van der Waals surface area contributed by atoms with Gasteiger partial charge in [-0.25, -0.2) is 4.98 Å². The molecule has 0 saturated heterocycles. The van der Waals surface area contributed by atoms with E-state index in [2.05, 4.69) is 60.0 Å². The molecule has 28 heavy (non-hydrogen) atoms. The number of aromatic nitrogens is 2. The normalized spacial score (nSPS) is 10.8. The third-order valence-corrected chi connectivity index (χ3v) is 4.79. The summed E-state index contributed by atoms with van der Waals surface area (Å²) in [6.45, 7) is 3.62. The van der Waals surface area contributed by atoms with Gasteiger partial charge in [-0.1, -0.05) is 78.9 Å². The number of para-hydroxylation sites is 1. The lowest BCUT2D eigenvalue weighted by atomic mass is 10.0. The molecule has 3 aromatic carbocycles. The Morgan fingerprint density at radius 3 is 1.96 bits per heavy atom. The molecule has 0 radical (unpaired) electrons. The second-order valence-corrected chi connectivity index (χ2v) is 6.75. The van der Waals surface area contributed by atoms with Crippen LogP contribution in [0.1, 0.15) is 12.2 Å². The molecule has 0 aliphatic rings. The number of ether oxygens (including phenoxy) is 1. The molecule has 1 heterocycles. The first-order chi connectivity index (χ1) is 13.8. The maximum atomic E-state index is 5.87. The highest BCUT2D eigenvalue weighted by Crippen LogP contribution is 2.32. The first-order valence-electron chi connectivity index (χ1n) is 9.69. The molecule has 0 unspecified atom stereocenters. The molecule has 3 nitrogen and oxygen atoms in total. The summed E-state index contributed by atoms with van der Waals surface area (Å²) in [7, 11) is 0. The monoisotopic (exact) mass is 368 g/mol. The van der Waals surface area contributed by atoms with E-state index in [1.807, 2.05) is 42.5 Å². The van der Waals surface area contributed by atoms with E-state index in [1.165, 1.54) is 11.3 Å². The second kappa shape index (κ2) is 8.57. The predicted molar refractivity (Wildman–Crippen MR) is 114 cm³/mol. The lowest BCUT2D eigenvalue weighted by molar-refractivity contribution is 0.301. The molecule has 0 spiro atoms. The van der Waals surface area contributed by atoms with Gasteiger partial charge in [-0.3, -0.25) is 0 Å². The third-order valence-electron chi connectivity index (χ3n) is 4.79. The Kier molecular flexibility index (Phi) is 5.53. The van der Waals surface area contributed by atoms with Crippen LogP contribution in [0.5, 0.6) is 5.75 Å². The maximum Gasteiger partial charge on any atom is 0.119 e. The van der Waals surface area contributed by atoms with Gasteiger partial charge in [-0.15, -0.1) is 0 Å². The zero-order valence-corrected chi connectivity index (χ0v) is 16.1. The Labute approximate surface area is 166 Å². The summed E-state index contributed by atoms with van der Waals surface area (Å²) < 4.78 is 8.18. The van der Waals surface area contributed by atoms with Gasteiger partial charge in [-0.2, -0.15) is 0 Å². The summed E-state index contributed by atoms with van der Waals surface area (Å²) in [4.78, 5) is 4.92. The van der Waals surface area contributed by atoms with E-state index in [1.54, 1.807) is 0 Å². The third kappa shape index (κ3) is 3.99. The summed E-state index contributed by atoms with van der Waals surface area (Å²) in [6, 6.07) is 30.9. The molecule has 0 aliphatic carbocycles. The average Bonchev–Trinajstić information content (AvgIpc) is 3.09. The predicted octanol–water partition coefficient (Wildman–Crippen LogP) is 5.99. The standard InChI is InChI=1S/C25H24N2O/c1-20-26-24(21-12-5-2-6-13-21)25(22-14-7-3-8-15-22)27(20)18-11-19-28-23-16-9-4-10-17-23/h2-10,12-17H,11,18-19H2,1H3. The van der Waals surface area contributed by atoms with E-state index >= 15 is 0 Å². The Hall–Kier alpha value is -3.33. The van der Waals surface area contributed by atoms with Crippen LogP contribution in [0.3, 0.4) is 0 Å². The highest BCUT2D eigenvalue weighted by atomic mass is 16.5. The Balaban J connectivity index is 1.60. The molecule has 0 N–H and O–H groups in total. The van der Waals surface area contributed by atoms with Crippen LogP contribution in [-0.2, 0) is 6.54 Å². The van der Waals surface area contributed by atoms with Crippen LogP contribution in [0.15, 0.2) is 91.0 Å². The van der Waals surface area contributed by atoms with Crippen molar-refractivity contribution in [1.82, 2.24) is 9.55 Å². The van der Waals surface area contributed by atoms with E-state index in [4.69, 9.17) is 9.72 Å². The van der Waals surface area contributed by atoms with Crippen molar-refractivity contribution in [2.75, 3.05) is 6.61 Å². The molecule has 0 fully saturated rings. The molecule has 3 heteroatoms. The van der Waals surface area contributed by atoms with Gasteiger partial charge in [0.05, 0.1) is 18.0 Å². The van der Waals surface area contributed by atoms with Crippen molar-refractivity contribution in [3.63, 3.8) is 0 Å². The van der Waals surface area contributed by atoms with Crippen molar-refractivity contribution in [2.45, 2.75) is 19.9 Å². The van der Waals surface area contributed by atoms with Crippen LogP contribution in [0.4, 0.5) is 0 Å². The van der Waals surface area contributed by atoms with Crippen molar-refractivity contribution in [1.29, 1.82) is 0 Å². The highest BCUT2D eigenvalue weighted by Gasteiger charge is 2.17. The maximum absolute atomic E-state index is 5.87. The van der Waals surface area contributed by atoms with E-state index in [9.17, 15) is 0 Å². The van der Waals surface area contributed by atoms with Crippen LogP contribution in [0, 0.1) is 6.92 Å². The van der Waals surface area contributed by atoms with Crippen molar-refractivity contribution in [3.05, 3.63) is 96.8 Å². The molecule has 0 bridgehead atoms. The Bertz CT molecular complexity index is 1010. The van der Waals surface area contributed by atoms with Crippen molar-refractivity contribution in [2.24, 2.45) is 0 Å². The van der Waals surface area contributed by atoms with Crippen LogP contribution in [0.25, 0.3) is 22.5 Å². The minimum Gasteiger partial charge on any atom is -0.494 e. The molecule has 0 aliphatic heterocycles. The molecule has 4 aromatic rings. The van der Waals surface area contributed by atoms with E-state index in [0.29, 0.717) is 6.61 Å². The second-order valence-electron chi connectivity index (χ2n) is 6.75. The van der Waals surface area contributed by atoms with Gasteiger partial charge < -0.3 is 9.30 Å². The van der Waals surface area contributed by atoms with Crippen molar-refractivity contribution in [3.8, 4) is 28.3 Å². The number of imidazole rings is 1. The fourth-order valence-electron chi connectivity index (χ4n) is 3.45. The minimum atomic E-state index is 0.677. The topological polar surface area (TPSA) is 27.1 Å². The lowest BCUT2D eigenvalue weighted by Gasteiger charge is -2.13.